The van der Waals surface area contributed by atoms with E-state index in [0.29, 0.717) is 26.1 Å². The van der Waals surface area contributed by atoms with Crippen molar-refractivity contribution < 1.29 is 9.53 Å². The summed E-state index contributed by atoms with van der Waals surface area (Å²) in [6.45, 7) is 3.89. The lowest BCUT2D eigenvalue weighted by atomic mass is 9.95. The van der Waals surface area contributed by atoms with Crippen LogP contribution in [0.15, 0.2) is 53.3 Å². The number of nitrogens with one attached hydrogen (secondary N) is 1. The lowest BCUT2D eigenvalue weighted by Crippen LogP contribution is -2.39. The van der Waals surface area contributed by atoms with E-state index in [2.05, 4.69) is 10.2 Å². The minimum Gasteiger partial charge on any atom is -0.497 e. The fraction of sp³-hybridized carbons (Fsp3) is 0.375. The van der Waals surface area contributed by atoms with Crippen molar-refractivity contribution in [2.75, 3.05) is 20.2 Å². The van der Waals surface area contributed by atoms with Crippen LogP contribution >= 0.6 is 0 Å². The van der Waals surface area contributed by atoms with Gasteiger partial charge in [-0.05, 0) is 43.0 Å². The Bertz CT molecular complexity index is 1080. The van der Waals surface area contributed by atoms with E-state index in [1.54, 1.807) is 11.7 Å². The first-order chi connectivity index (χ1) is 15.0. The van der Waals surface area contributed by atoms with E-state index >= 15 is 0 Å². The van der Waals surface area contributed by atoms with Gasteiger partial charge in [0.05, 0.1) is 20.1 Å². The predicted octanol–water partition coefficient (Wildman–Crippen LogP) is 2.89. The number of H-pyrrole nitrogens is 1. The lowest BCUT2D eigenvalue weighted by molar-refractivity contribution is -0.131. The second-order valence-electron chi connectivity index (χ2n) is 8.14. The van der Waals surface area contributed by atoms with E-state index in [-0.39, 0.29) is 17.5 Å². The normalized spacial score (nSPS) is 14.6. The average Bonchev–Trinajstić information content (AvgIpc) is 3.16. The molecule has 1 amide bonds. The van der Waals surface area contributed by atoms with Crippen molar-refractivity contribution in [2.45, 2.75) is 38.6 Å². The van der Waals surface area contributed by atoms with Gasteiger partial charge >= 0.3 is 5.69 Å². The maximum atomic E-state index is 12.7. The zero-order valence-electron chi connectivity index (χ0n) is 18.0. The molecule has 162 valence electrons. The molecule has 0 atom stereocenters. The largest absolute Gasteiger partial charge is 0.497 e. The van der Waals surface area contributed by atoms with Crippen molar-refractivity contribution in [3.8, 4) is 5.75 Å². The molecule has 4 rings (SSSR count). The van der Waals surface area contributed by atoms with E-state index in [0.717, 1.165) is 35.5 Å². The number of likely N-dealkylation sites (tertiary alicyclic amines) is 1. The smallest absolute Gasteiger partial charge is 0.343 e. The Morgan fingerprint density at radius 2 is 1.71 bits per heavy atom. The zero-order valence-corrected chi connectivity index (χ0v) is 18.0. The maximum absolute atomic E-state index is 12.7. The molecule has 0 aliphatic carbocycles. The number of benzene rings is 2. The first kappa shape index (κ1) is 20.9. The van der Waals surface area contributed by atoms with Gasteiger partial charge in [-0.1, -0.05) is 42.0 Å². The second-order valence-corrected chi connectivity index (χ2v) is 8.14. The highest BCUT2D eigenvalue weighted by atomic mass is 16.5. The summed E-state index contributed by atoms with van der Waals surface area (Å²) in [4.78, 5) is 27.0. The number of carbonyl (C=O) groups is 1. The van der Waals surface area contributed by atoms with Crippen LogP contribution in [0.25, 0.3) is 0 Å². The molecule has 1 saturated heterocycles. The maximum Gasteiger partial charge on any atom is 0.343 e. The minimum absolute atomic E-state index is 0.127. The van der Waals surface area contributed by atoms with E-state index in [4.69, 9.17) is 4.74 Å². The van der Waals surface area contributed by atoms with Gasteiger partial charge in [0, 0.05) is 19.0 Å². The molecule has 7 nitrogen and oxygen atoms in total. The van der Waals surface area contributed by atoms with Crippen molar-refractivity contribution in [3.63, 3.8) is 0 Å². The molecule has 0 bridgehead atoms. The number of rotatable bonds is 6. The third-order valence-electron chi connectivity index (χ3n) is 5.98. The second kappa shape index (κ2) is 9.20. The summed E-state index contributed by atoms with van der Waals surface area (Å²) in [5.74, 6) is 1.86. The van der Waals surface area contributed by atoms with Crippen LogP contribution in [0.3, 0.4) is 0 Å². The molecule has 0 radical (unpaired) electrons. The van der Waals surface area contributed by atoms with Crippen LogP contribution in [0.4, 0.5) is 0 Å². The SMILES string of the molecule is COc1ccc(CC(=O)N2CCC(c3n[nH]c(=O)n3Cc3ccc(C)cc3)CC2)cc1. The first-order valence-electron chi connectivity index (χ1n) is 10.6. The molecule has 31 heavy (non-hydrogen) atoms. The molecule has 3 aromatic rings. The summed E-state index contributed by atoms with van der Waals surface area (Å²) in [5.41, 5.74) is 3.05. The molecule has 0 spiro atoms. The Balaban J connectivity index is 1.38. The summed E-state index contributed by atoms with van der Waals surface area (Å²) in [7, 11) is 1.63. The number of nitrogens with zero attached hydrogens (tertiary/aromatic N) is 3. The highest BCUT2D eigenvalue weighted by Gasteiger charge is 2.27. The Kier molecular flexibility index (Phi) is 6.21. The molecule has 0 saturated carbocycles. The standard InChI is InChI=1S/C24H28N4O3/c1-17-3-5-19(6-4-17)16-28-23(25-26-24(28)30)20-11-13-27(14-12-20)22(29)15-18-7-9-21(31-2)10-8-18/h3-10,20H,11-16H2,1-2H3,(H,26,30). The number of ether oxygens (including phenoxy) is 1. The molecule has 2 heterocycles. The number of hydrogen-bond donors (Lipinski definition) is 1. The Morgan fingerprint density at radius 3 is 2.35 bits per heavy atom. The molecule has 1 N–H and O–H groups in total. The third-order valence-corrected chi connectivity index (χ3v) is 5.98. The quantitative estimate of drug-likeness (QED) is 0.665. The monoisotopic (exact) mass is 420 g/mol. The number of aryl methyl sites for hydroxylation is 1. The molecule has 2 aromatic carbocycles. The van der Waals surface area contributed by atoms with Gasteiger partial charge in [-0.25, -0.2) is 9.89 Å². The van der Waals surface area contributed by atoms with E-state index in [1.807, 2.05) is 60.4 Å². The Labute approximate surface area is 181 Å². The molecule has 1 aromatic heterocycles. The first-order valence-corrected chi connectivity index (χ1v) is 10.6. The number of aromatic nitrogens is 3. The summed E-state index contributed by atoms with van der Waals surface area (Å²) in [5, 5.41) is 6.93. The van der Waals surface area contributed by atoms with Crippen LogP contribution in [0.1, 0.15) is 41.3 Å². The fourth-order valence-corrected chi connectivity index (χ4v) is 4.09. The van der Waals surface area contributed by atoms with E-state index in [1.165, 1.54) is 5.56 Å². The minimum atomic E-state index is -0.186. The van der Waals surface area contributed by atoms with Crippen LogP contribution < -0.4 is 10.4 Å². The number of hydrogen-bond acceptors (Lipinski definition) is 4. The van der Waals surface area contributed by atoms with Gasteiger partial charge in [-0.15, -0.1) is 0 Å². The van der Waals surface area contributed by atoms with Crippen molar-refractivity contribution in [1.82, 2.24) is 19.7 Å². The highest BCUT2D eigenvalue weighted by Crippen LogP contribution is 2.27. The van der Waals surface area contributed by atoms with Crippen LogP contribution in [-0.4, -0.2) is 45.8 Å². The Morgan fingerprint density at radius 1 is 1.06 bits per heavy atom. The number of methoxy groups -OCH3 is 1. The van der Waals surface area contributed by atoms with Gasteiger partial charge < -0.3 is 9.64 Å². The van der Waals surface area contributed by atoms with Crippen molar-refractivity contribution in [3.05, 3.63) is 81.5 Å². The van der Waals surface area contributed by atoms with Crippen molar-refractivity contribution in [2.24, 2.45) is 0 Å². The number of piperidine rings is 1. The average molecular weight is 421 g/mol. The van der Waals surface area contributed by atoms with Gasteiger partial charge in [-0.2, -0.15) is 5.10 Å². The number of amides is 1. The molecular formula is C24H28N4O3. The van der Waals surface area contributed by atoms with Crippen LogP contribution in [0, 0.1) is 6.92 Å². The van der Waals surface area contributed by atoms with E-state index in [9.17, 15) is 9.59 Å². The molecule has 1 fully saturated rings. The molecule has 0 unspecified atom stereocenters. The summed E-state index contributed by atoms with van der Waals surface area (Å²) in [6.07, 6.45) is 1.98. The van der Waals surface area contributed by atoms with Gasteiger partial charge in [-0.3, -0.25) is 9.36 Å². The number of carbonyl (C=O) groups excluding carboxylic acids is 1. The van der Waals surface area contributed by atoms with Crippen molar-refractivity contribution in [1.29, 1.82) is 0 Å². The summed E-state index contributed by atoms with van der Waals surface area (Å²) >= 11 is 0. The van der Waals surface area contributed by atoms with Gasteiger partial charge in [0.15, 0.2) is 0 Å². The summed E-state index contributed by atoms with van der Waals surface area (Å²) in [6, 6.07) is 15.8. The molecular weight excluding hydrogens is 392 g/mol. The van der Waals surface area contributed by atoms with E-state index < -0.39 is 0 Å². The van der Waals surface area contributed by atoms with Gasteiger partial charge in [0.2, 0.25) is 5.91 Å². The van der Waals surface area contributed by atoms with Gasteiger partial charge in [0.25, 0.3) is 0 Å². The number of aromatic amines is 1. The Hall–Kier alpha value is -3.35. The molecule has 1 aliphatic heterocycles. The predicted molar refractivity (Wildman–Crippen MR) is 118 cm³/mol. The third kappa shape index (κ3) is 4.87. The topological polar surface area (TPSA) is 80.2 Å². The van der Waals surface area contributed by atoms with Crippen molar-refractivity contribution >= 4 is 5.91 Å². The van der Waals surface area contributed by atoms with Crippen LogP contribution in [0.2, 0.25) is 0 Å². The zero-order chi connectivity index (χ0) is 21.8. The molecule has 7 heteroatoms. The van der Waals surface area contributed by atoms with Gasteiger partial charge in [0.1, 0.15) is 11.6 Å². The van der Waals surface area contributed by atoms with Crippen LogP contribution in [-0.2, 0) is 17.8 Å². The fourth-order valence-electron chi connectivity index (χ4n) is 4.09. The molecule has 1 aliphatic rings. The van der Waals surface area contributed by atoms with Crippen LogP contribution in [0.5, 0.6) is 5.75 Å². The summed E-state index contributed by atoms with van der Waals surface area (Å²) < 4.78 is 6.90. The highest BCUT2D eigenvalue weighted by molar-refractivity contribution is 5.78. The lowest BCUT2D eigenvalue weighted by Gasteiger charge is -2.31.